The van der Waals surface area contributed by atoms with Gasteiger partial charge in [0.05, 0.1) is 0 Å². The fourth-order valence-electron chi connectivity index (χ4n) is 2.62. The number of oxime groups is 1. The lowest BCUT2D eigenvalue weighted by Gasteiger charge is -2.06. The van der Waals surface area contributed by atoms with Gasteiger partial charge in [-0.2, -0.15) is 0 Å². The Bertz CT molecular complexity index is 955. The van der Waals surface area contributed by atoms with Crippen molar-refractivity contribution in [1.29, 1.82) is 0 Å². The lowest BCUT2D eigenvalue weighted by Crippen LogP contribution is -2.21. The van der Waals surface area contributed by atoms with E-state index in [-0.39, 0.29) is 21.8 Å². The molecule has 2 aromatic heterocycles. The Kier molecular flexibility index (Phi) is 1.93. The molecule has 7 heteroatoms. The lowest BCUT2D eigenvalue weighted by molar-refractivity contribution is 0.319. The first-order chi connectivity index (χ1) is 9.74. The van der Waals surface area contributed by atoms with E-state index >= 15 is 0 Å². The third-order valence-electron chi connectivity index (χ3n) is 3.43. The highest BCUT2D eigenvalue weighted by Gasteiger charge is 2.32. The molecule has 0 saturated heterocycles. The Labute approximate surface area is 111 Å². The van der Waals surface area contributed by atoms with E-state index < -0.39 is 5.56 Å². The third kappa shape index (κ3) is 1.09. The maximum Gasteiger partial charge on any atom is 0.322 e. The number of rotatable bonds is 0. The Morgan fingerprint density at radius 2 is 1.95 bits per heavy atom. The van der Waals surface area contributed by atoms with Crippen LogP contribution in [-0.4, -0.2) is 25.1 Å². The Balaban J connectivity index is 2.31. The van der Waals surface area contributed by atoms with E-state index in [0.29, 0.717) is 16.8 Å². The zero-order valence-electron chi connectivity index (χ0n) is 9.99. The van der Waals surface area contributed by atoms with Crippen molar-refractivity contribution in [1.82, 2.24) is 14.2 Å². The Hall–Kier alpha value is -2.96. The van der Waals surface area contributed by atoms with E-state index in [0.717, 1.165) is 0 Å². The number of hydrogen-bond donors (Lipinski definition) is 1. The van der Waals surface area contributed by atoms with Gasteiger partial charge < -0.3 is 5.21 Å². The van der Waals surface area contributed by atoms with Gasteiger partial charge in [0.15, 0.2) is 0 Å². The molecule has 98 valence electrons. The summed E-state index contributed by atoms with van der Waals surface area (Å²) < 4.78 is 15.7. The molecule has 0 saturated carbocycles. The molecule has 0 bridgehead atoms. The average Bonchev–Trinajstić information content (AvgIpc) is 3.06. The van der Waals surface area contributed by atoms with Crippen molar-refractivity contribution in [3.05, 3.63) is 58.3 Å². The molecule has 1 aromatic carbocycles. The van der Waals surface area contributed by atoms with Crippen LogP contribution >= 0.6 is 0 Å². The summed E-state index contributed by atoms with van der Waals surface area (Å²) in [6.07, 6.45) is 2.93. The second kappa shape index (κ2) is 3.53. The van der Waals surface area contributed by atoms with Gasteiger partial charge in [0.1, 0.15) is 17.1 Å². The Morgan fingerprint density at radius 1 is 1.20 bits per heavy atom. The largest absolute Gasteiger partial charge is 0.410 e. The summed E-state index contributed by atoms with van der Waals surface area (Å²) >= 11 is 0. The van der Waals surface area contributed by atoms with Crippen LogP contribution in [0.2, 0.25) is 0 Å². The quantitative estimate of drug-likeness (QED) is 0.388. The predicted octanol–water partition coefficient (Wildman–Crippen LogP) is 1.44. The number of hydrogen-bond acceptors (Lipinski definition) is 4. The second-order valence-electron chi connectivity index (χ2n) is 4.40. The highest BCUT2D eigenvalue weighted by molar-refractivity contribution is 6.22. The number of benzene rings is 1. The van der Waals surface area contributed by atoms with Crippen molar-refractivity contribution in [2.24, 2.45) is 5.16 Å². The molecular weight excluding hydrogens is 263 g/mol. The van der Waals surface area contributed by atoms with Gasteiger partial charge in [-0.15, -0.1) is 4.79 Å². The van der Waals surface area contributed by atoms with E-state index in [4.69, 9.17) is 0 Å². The normalized spacial score (nSPS) is 14.8. The van der Waals surface area contributed by atoms with Crippen LogP contribution in [0, 0.1) is 0 Å². The average molecular weight is 270 g/mol. The topological polar surface area (TPSA) is 71.9 Å². The highest BCUT2D eigenvalue weighted by Crippen LogP contribution is 2.36. The maximum absolute atomic E-state index is 14.3. The van der Waals surface area contributed by atoms with Crippen LogP contribution in [0.4, 0.5) is 4.48 Å². The molecule has 3 aromatic rings. The fourth-order valence-corrected chi connectivity index (χ4v) is 2.62. The molecule has 0 radical (unpaired) electrons. The van der Waals surface area contributed by atoms with Crippen LogP contribution in [0.15, 0.2) is 46.6 Å². The monoisotopic (exact) mass is 270 g/mol. The van der Waals surface area contributed by atoms with Crippen LogP contribution < -0.4 is 5.56 Å². The van der Waals surface area contributed by atoms with Crippen LogP contribution in [0.5, 0.6) is 0 Å². The molecule has 4 rings (SSSR count). The molecule has 0 aliphatic heterocycles. The predicted molar refractivity (Wildman–Crippen MR) is 68.8 cm³/mol. The first kappa shape index (κ1) is 10.9. The zero-order chi connectivity index (χ0) is 13.9. The SMILES string of the molecule is O=c1c2nccn2c2c(n1F)-c1ccccc1C2=NO. The van der Waals surface area contributed by atoms with Crippen LogP contribution in [0.25, 0.3) is 16.9 Å². The molecule has 2 heterocycles. The van der Waals surface area contributed by atoms with Crippen LogP contribution in [0.3, 0.4) is 0 Å². The van der Waals surface area contributed by atoms with Gasteiger partial charge in [-0.05, 0) is 0 Å². The van der Waals surface area contributed by atoms with Gasteiger partial charge in [0.2, 0.25) is 5.65 Å². The van der Waals surface area contributed by atoms with Crippen molar-refractivity contribution in [3.63, 3.8) is 0 Å². The standard InChI is InChI=1S/C13H7FN4O2/c14-18-10-8-4-2-1-3-7(8)9(16-20)11(10)17-6-5-15-12(17)13(18)19/h1-6,20H. The first-order valence-electron chi connectivity index (χ1n) is 5.84. The summed E-state index contributed by atoms with van der Waals surface area (Å²) in [5, 5.41) is 12.5. The first-order valence-corrected chi connectivity index (χ1v) is 5.84. The molecular formula is C13H7FN4O2. The molecule has 0 atom stereocenters. The van der Waals surface area contributed by atoms with Crippen LogP contribution in [0.1, 0.15) is 11.3 Å². The van der Waals surface area contributed by atoms with E-state index in [1.165, 1.54) is 16.8 Å². The van der Waals surface area contributed by atoms with Gasteiger partial charge in [0, 0.05) is 23.5 Å². The summed E-state index contributed by atoms with van der Waals surface area (Å²) in [6, 6.07) is 6.86. The van der Waals surface area contributed by atoms with E-state index in [1.54, 1.807) is 24.3 Å². The second-order valence-corrected chi connectivity index (χ2v) is 4.40. The van der Waals surface area contributed by atoms with E-state index in [9.17, 15) is 14.5 Å². The van der Waals surface area contributed by atoms with E-state index in [1.807, 2.05) is 0 Å². The molecule has 1 aliphatic rings. The number of fused-ring (bicyclic) bond motifs is 5. The van der Waals surface area contributed by atoms with Gasteiger partial charge in [-0.25, -0.2) is 4.98 Å². The summed E-state index contributed by atoms with van der Waals surface area (Å²) in [5.41, 5.74) is 0.766. The fraction of sp³-hybridized carbons (Fsp3) is 0. The molecule has 1 aliphatic carbocycles. The van der Waals surface area contributed by atoms with Crippen molar-refractivity contribution < 1.29 is 9.69 Å². The van der Waals surface area contributed by atoms with Crippen molar-refractivity contribution in [2.45, 2.75) is 0 Å². The molecule has 0 amide bonds. The van der Waals surface area contributed by atoms with Gasteiger partial charge in [-0.1, -0.05) is 33.9 Å². The minimum Gasteiger partial charge on any atom is -0.410 e. The summed E-state index contributed by atoms with van der Waals surface area (Å²) in [7, 11) is 0. The molecule has 1 N–H and O–H groups in total. The summed E-state index contributed by atoms with van der Waals surface area (Å²) in [6.45, 7) is 0. The molecule has 0 spiro atoms. The van der Waals surface area contributed by atoms with E-state index in [2.05, 4.69) is 10.1 Å². The number of halogens is 1. The van der Waals surface area contributed by atoms with Crippen molar-refractivity contribution in [3.8, 4) is 11.3 Å². The number of imidazole rings is 1. The highest BCUT2D eigenvalue weighted by atomic mass is 19.2. The van der Waals surface area contributed by atoms with Crippen molar-refractivity contribution >= 4 is 11.4 Å². The molecule has 0 unspecified atom stereocenters. The zero-order valence-corrected chi connectivity index (χ0v) is 9.99. The molecule has 20 heavy (non-hydrogen) atoms. The summed E-state index contributed by atoms with van der Waals surface area (Å²) in [4.78, 5) is 15.8. The number of nitrogens with zero attached hydrogens (tertiary/aromatic N) is 4. The third-order valence-corrected chi connectivity index (χ3v) is 3.43. The molecule has 6 nitrogen and oxygen atoms in total. The summed E-state index contributed by atoms with van der Waals surface area (Å²) in [5.74, 6) is 0. The van der Waals surface area contributed by atoms with Gasteiger partial charge in [0.25, 0.3) is 0 Å². The minimum absolute atomic E-state index is 0.0503. The lowest BCUT2D eigenvalue weighted by atomic mass is 10.1. The smallest absolute Gasteiger partial charge is 0.322 e. The minimum atomic E-state index is -0.845. The Morgan fingerprint density at radius 3 is 2.70 bits per heavy atom. The van der Waals surface area contributed by atoms with Crippen LogP contribution in [-0.2, 0) is 0 Å². The van der Waals surface area contributed by atoms with Crippen molar-refractivity contribution in [2.75, 3.05) is 0 Å². The van der Waals surface area contributed by atoms with Gasteiger partial charge in [-0.3, -0.25) is 9.20 Å². The van der Waals surface area contributed by atoms with Gasteiger partial charge >= 0.3 is 5.56 Å². The molecule has 0 fully saturated rings. The maximum atomic E-state index is 14.3. The number of aromatic nitrogens is 3.